The predicted molar refractivity (Wildman–Crippen MR) is 126 cm³/mol. The second-order valence-corrected chi connectivity index (χ2v) is 8.66. The Balaban J connectivity index is 1.38. The van der Waals surface area contributed by atoms with Gasteiger partial charge in [0.1, 0.15) is 5.82 Å². The number of H-pyrrole nitrogens is 1. The standard InChI is InChI=1S/C24H28N4OS/c1-28-16-17(18-9-3-6-12-22(18)28)8-7-13-23(29)25-21(14-15-30-2)24-26-19-10-4-5-11-20(19)27-24/h3-6,9-12,16,21H,7-8,13-15H2,1-2H3,(H,25,29)(H,26,27)/t21-/m0/s1. The molecule has 156 valence electrons. The third-order valence-corrected chi connectivity index (χ3v) is 6.16. The van der Waals surface area contributed by atoms with Gasteiger partial charge in [-0.15, -0.1) is 0 Å². The Morgan fingerprint density at radius 2 is 2.00 bits per heavy atom. The Morgan fingerprint density at radius 3 is 2.83 bits per heavy atom. The Hall–Kier alpha value is -2.73. The second-order valence-electron chi connectivity index (χ2n) is 7.68. The molecule has 0 saturated carbocycles. The maximum absolute atomic E-state index is 12.7. The van der Waals surface area contributed by atoms with E-state index in [0.717, 1.165) is 41.9 Å². The number of amides is 1. The summed E-state index contributed by atoms with van der Waals surface area (Å²) in [6.45, 7) is 0. The summed E-state index contributed by atoms with van der Waals surface area (Å²) in [7, 11) is 2.07. The van der Waals surface area contributed by atoms with Crippen LogP contribution in [-0.4, -0.2) is 32.5 Å². The SMILES string of the molecule is CSCC[C@H](NC(=O)CCCc1cn(C)c2ccccc12)c1nc2ccccc2[nH]1. The lowest BCUT2D eigenvalue weighted by Gasteiger charge is -2.16. The number of nitrogens with one attached hydrogen (secondary N) is 2. The molecule has 1 atom stereocenters. The minimum absolute atomic E-state index is 0.0850. The fraction of sp³-hybridized carbons (Fsp3) is 0.333. The molecule has 0 spiro atoms. The first kappa shape index (κ1) is 20.5. The van der Waals surface area contributed by atoms with Crippen LogP contribution in [0, 0.1) is 0 Å². The summed E-state index contributed by atoms with van der Waals surface area (Å²) in [6, 6.07) is 16.3. The smallest absolute Gasteiger partial charge is 0.220 e. The summed E-state index contributed by atoms with van der Waals surface area (Å²) in [6.07, 6.45) is 7.36. The number of hydrogen-bond acceptors (Lipinski definition) is 3. The van der Waals surface area contributed by atoms with Crippen LogP contribution in [0.4, 0.5) is 0 Å². The average Bonchev–Trinajstić information content (AvgIpc) is 3.33. The van der Waals surface area contributed by atoms with E-state index in [2.05, 4.69) is 58.6 Å². The molecule has 0 aliphatic carbocycles. The third kappa shape index (κ3) is 4.54. The van der Waals surface area contributed by atoms with Gasteiger partial charge in [-0.3, -0.25) is 4.79 Å². The molecule has 2 heterocycles. The highest BCUT2D eigenvalue weighted by atomic mass is 32.2. The number of rotatable bonds is 9. The van der Waals surface area contributed by atoms with E-state index in [0.29, 0.717) is 6.42 Å². The van der Waals surface area contributed by atoms with Crippen LogP contribution in [0.15, 0.2) is 54.7 Å². The minimum Gasteiger partial charge on any atom is -0.350 e. The number of thioether (sulfide) groups is 1. The van der Waals surface area contributed by atoms with Gasteiger partial charge in [0.2, 0.25) is 5.91 Å². The van der Waals surface area contributed by atoms with Crippen LogP contribution < -0.4 is 5.32 Å². The zero-order valence-electron chi connectivity index (χ0n) is 17.5. The van der Waals surface area contributed by atoms with Crippen LogP contribution in [0.1, 0.15) is 36.7 Å². The Morgan fingerprint density at radius 1 is 1.20 bits per heavy atom. The highest BCUT2D eigenvalue weighted by molar-refractivity contribution is 7.98. The number of aryl methyl sites for hydroxylation is 2. The molecule has 0 aliphatic heterocycles. The Bertz CT molecular complexity index is 1110. The fourth-order valence-corrected chi connectivity index (χ4v) is 4.45. The van der Waals surface area contributed by atoms with E-state index in [-0.39, 0.29) is 11.9 Å². The van der Waals surface area contributed by atoms with Crippen molar-refractivity contribution >= 4 is 39.6 Å². The number of aromatic nitrogens is 3. The number of imidazole rings is 1. The molecule has 0 saturated heterocycles. The number of carbonyl (C=O) groups is 1. The summed E-state index contributed by atoms with van der Waals surface area (Å²) >= 11 is 1.78. The van der Waals surface area contributed by atoms with Crippen molar-refractivity contribution in [1.82, 2.24) is 19.9 Å². The van der Waals surface area contributed by atoms with Gasteiger partial charge in [0.05, 0.1) is 17.1 Å². The molecule has 0 fully saturated rings. The van der Waals surface area contributed by atoms with Crippen molar-refractivity contribution in [2.45, 2.75) is 31.7 Å². The van der Waals surface area contributed by atoms with Gasteiger partial charge in [-0.25, -0.2) is 4.98 Å². The maximum atomic E-state index is 12.7. The molecule has 0 radical (unpaired) electrons. The van der Waals surface area contributed by atoms with Gasteiger partial charge < -0.3 is 14.9 Å². The fourth-order valence-electron chi connectivity index (χ4n) is 3.98. The lowest BCUT2D eigenvalue weighted by atomic mass is 10.1. The average molecular weight is 421 g/mol. The first-order valence-electron chi connectivity index (χ1n) is 10.4. The summed E-state index contributed by atoms with van der Waals surface area (Å²) < 4.78 is 2.16. The monoisotopic (exact) mass is 420 g/mol. The molecule has 2 N–H and O–H groups in total. The second kappa shape index (κ2) is 9.39. The number of nitrogens with zero attached hydrogens (tertiary/aromatic N) is 2. The number of aromatic amines is 1. The quantitative estimate of drug-likeness (QED) is 0.401. The molecule has 1 amide bonds. The van der Waals surface area contributed by atoms with E-state index in [1.807, 2.05) is 24.3 Å². The van der Waals surface area contributed by atoms with Gasteiger partial charge in [-0.2, -0.15) is 11.8 Å². The Labute approximate surface area is 181 Å². The van der Waals surface area contributed by atoms with Gasteiger partial charge in [0.25, 0.3) is 0 Å². The third-order valence-electron chi connectivity index (χ3n) is 5.51. The number of benzene rings is 2. The molecular weight excluding hydrogens is 392 g/mol. The van der Waals surface area contributed by atoms with Crippen molar-refractivity contribution in [1.29, 1.82) is 0 Å². The number of hydrogen-bond donors (Lipinski definition) is 2. The predicted octanol–water partition coefficient (Wildman–Crippen LogP) is 4.99. The summed E-state index contributed by atoms with van der Waals surface area (Å²) in [5.41, 5.74) is 4.48. The molecule has 4 aromatic rings. The number of fused-ring (bicyclic) bond motifs is 2. The van der Waals surface area contributed by atoms with Gasteiger partial charge in [-0.1, -0.05) is 30.3 Å². The van der Waals surface area contributed by atoms with Crippen molar-refractivity contribution in [2.24, 2.45) is 7.05 Å². The zero-order valence-corrected chi connectivity index (χ0v) is 18.3. The molecule has 5 nitrogen and oxygen atoms in total. The number of carbonyl (C=O) groups excluding carboxylic acids is 1. The van der Waals surface area contributed by atoms with Crippen molar-refractivity contribution in [2.75, 3.05) is 12.0 Å². The highest BCUT2D eigenvalue weighted by Gasteiger charge is 2.18. The normalized spacial score (nSPS) is 12.5. The first-order valence-corrected chi connectivity index (χ1v) is 11.8. The van der Waals surface area contributed by atoms with E-state index >= 15 is 0 Å². The zero-order chi connectivity index (χ0) is 20.9. The summed E-state index contributed by atoms with van der Waals surface area (Å²) in [5, 5.41) is 4.48. The Kier molecular flexibility index (Phi) is 6.43. The van der Waals surface area contributed by atoms with Gasteiger partial charge in [-0.05, 0) is 55.0 Å². The molecule has 0 unspecified atom stereocenters. The van der Waals surface area contributed by atoms with Gasteiger partial charge >= 0.3 is 0 Å². The van der Waals surface area contributed by atoms with Crippen molar-refractivity contribution in [3.63, 3.8) is 0 Å². The lowest BCUT2D eigenvalue weighted by Crippen LogP contribution is -2.29. The van der Waals surface area contributed by atoms with Crippen LogP contribution >= 0.6 is 11.8 Å². The molecule has 4 rings (SSSR count). The molecule has 30 heavy (non-hydrogen) atoms. The molecule has 0 bridgehead atoms. The van der Waals surface area contributed by atoms with Gasteiger partial charge in [0, 0.05) is 30.6 Å². The van der Waals surface area contributed by atoms with E-state index in [1.54, 1.807) is 11.8 Å². The maximum Gasteiger partial charge on any atom is 0.220 e. The van der Waals surface area contributed by atoms with E-state index in [1.165, 1.54) is 16.5 Å². The number of para-hydroxylation sites is 3. The van der Waals surface area contributed by atoms with Crippen LogP contribution in [0.5, 0.6) is 0 Å². The van der Waals surface area contributed by atoms with Crippen LogP contribution in [-0.2, 0) is 18.3 Å². The van der Waals surface area contributed by atoms with E-state index < -0.39 is 0 Å². The topological polar surface area (TPSA) is 62.7 Å². The van der Waals surface area contributed by atoms with Crippen molar-refractivity contribution in [3.05, 3.63) is 66.1 Å². The molecule has 6 heteroatoms. The van der Waals surface area contributed by atoms with E-state index in [4.69, 9.17) is 4.98 Å². The van der Waals surface area contributed by atoms with Crippen LogP contribution in [0.2, 0.25) is 0 Å². The molecular formula is C24H28N4OS. The van der Waals surface area contributed by atoms with Crippen molar-refractivity contribution in [3.8, 4) is 0 Å². The molecule has 2 aromatic heterocycles. The largest absolute Gasteiger partial charge is 0.350 e. The minimum atomic E-state index is -0.0881. The lowest BCUT2D eigenvalue weighted by molar-refractivity contribution is -0.122. The van der Waals surface area contributed by atoms with E-state index in [9.17, 15) is 4.79 Å². The van der Waals surface area contributed by atoms with Gasteiger partial charge in [0.15, 0.2) is 0 Å². The van der Waals surface area contributed by atoms with Crippen LogP contribution in [0.3, 0.4) is 0 Å². The first-order chi connectivity index (χ1) is 14.7. The van der Waals surface area contributed by atoms with Crippen molar-refractivity contribution < 1.29 is 4.79 Å². The summed E-state index contributed by atoms with van der Waals surface area (Å²) in [4.78, 5) is 20.8. The summed E-state index contributed by atoms with van der Waals surface area (Å²) in [5.74, 6) is 1.90. The molecule has 0 aliphatic rings. The van der Waals surface area contributed by atoms with Crippen LogP contribution in [0.25, 0.3) is 21.9 Å². The highest BCUT2D eigenvalue weighted by Crippen LogP contribution is 2.23. The molecule has 2 aromatic carbocycles.